The summed E-state index contributed by atoms with van der Waals surface area (Å²) in [5.74, 6) is 0.575. The lowest BCUT2D eigenvalue weighted by atomic mass is 9.88. The second kappa shape index (κ2) is 5.39. The predicted molar refractivity (Wildman–Crippen MR) is 79.2 cm³/mol. The first kappa shape index (κ1) is 12.9. The third kappa shape index (κ3) is 2.64. The Morgan fingerprint density at radius 3 is 2.22 bits per heavy atom. The number of hydrogen-bond donors (Lipinski definition) is 0. The van der Waals surface area contributed by atoms with Crippen molar-refractivity contribution in [3.63, 3.8) is 0 Å². The minimum absolute atomic E-state index is 0.575. The van der Waals surface area contributed by atoms with Crippen molar-refractivity contribution < 1.29 is 0 Å². The molecule has 0 heteroatoms. The average Bonchev–Trinajstić information content (AvgIpc) is 2.35. The van der Waals surface area contributed by atoms with Crippen LogP contribution in [0.1, 0.15) is 40.7 Å². The van der Waals surface area contributed by atoms with Crippen molar-refractivity contribution in [2.45, 2.75) is 40.0 Å². The van der Waals surface area contributed by atoms with Gasteiger partial charge in [0.2, 0.25) is 0 Å². The van der Waals surface area contributed by atoms with Crippen LogP contribution in [0.25, 0.3) is 0 Å². The highest BCUT2D eigenvalue weighted by atomic mass is 14.2. The van der Waals surface area contributed by atoms with Gasteiger partial charge in [-0.3, -0.25) is 0 Å². The van der Waals surface area contributed by atoms with Crippen molar-refractivity contribution in [3.8, 4) is 0 Å². The van der Waals surface area contributed by atoms with Gasteiger partial charge >= 0.3 is 0 Å². The molecule has 0 fully saturated rings. The summed E-state index contributed by atoms with van der Waals surface area (Å²) in [6.45, 7) is 8.96. The molecule has 0 bridgehead atoms. The molecule has 1 atom stereocenters. The zero-order valence-electron chi connectivity index (χ0n) is 11.8. The van der Waals surface area contributed by atoms with E-state index in [1.54, 1.807) is 0 Å². The maximum atomic E-state index is 2.33. The quantitative estimate of drug-likeness (QED) is 0.709. The molecular weight excluding hydrogens is 216 g/mol. The Morgan fingerprint density at radius 1 is 0.833 bits per heavy atom. The van der Waals surface area contributed by atoms with E-state index >= 15 is 0 Å². The Morgan fingerprint density at radius 2 is 1.50 bits per heavy atom. The SMILES string of the molecule is Cc1ccccc1CC(C)c1cccc(C)c1C. The molecule has 0 aromatic heterocycles. The molecule has 0 aliphatic carbocycles. The molecule has 1 unspecified atom stereocenters. The lowest BCUT2D eigenvalue weighted by molar-refractivity contribution is 0.748. The van der Waals surface area contributed by atoms with Crippen LogP contribution in [0.5, 0.6) is 0 Å². The van der Waals surface area contributed by atoms with Crippen molar-refractivity contribution in [1.29, 1.82) is 0 Å². The Balaban J connectivity index is 2.25. The van der Waals surface area contributed by atoms with E-state index in [-0.39, 0.29) is 0 Å². The van der Waals surface area contributed by atoms with E-state index in [1.165, 1.54) is 27.8 Å². The first-order valence-electron chi connectivity index (χ1n) is 6.70. The second-order valence-corrected chi connectivity index (χ2v) is 5.32. The van der Waals surface area contributed by atoms with Gasteiger partial charge in [-0.2, -0.15) is 0 Å². The zero-order chi connectivity index (χ0) is 13.1. The monoisotopic (exact) mass is 238 g/mol. The molecule has 2 aromatic carbocycles. The summed E-state index contributed by atoms with van der Waals surface area (Å²) < 4.78 is 0. The van der Waals surface area contributed by atoms with Gasteiger partial charge < -0.3 is 0 Å². The Bertz CT molecular complexity index is 537. The van der Waals surface area contributed by atoms with Gasteiger partial charge in [0, 0.05) is 0 Å². The molecule has 0 heterocycles. The minimum atomic E-state index is 0.575. The fourth-order valence-corrected chi connectivity index (χ4v) is 2.59. The van der Waals surface area contributed by atoms with Gasteiger partial charge in [0.05, 0.1) is 0 Å². The molecular formula is C18H22. The molecule has 0 spiro atoms. The van der Waals surface area contributed by atoms with E-state index < -0.39 is 0 Å². The Kier molecular flexibility index (Phi) is 3.86. The highest BCUT2D eigenvalue weighted by molar-refractivity contribution is 5.37. The molecule has 2 rings (SSSR count). The van der Waals surface area contributed by atoms with Gasteiger partial charge in [-0.1, -0.05) is 49.4 Å². The normalized spacial score (nSPS) is 12.4. The molecule has 0 amide bonds. The van der Waals surface area contributed by atoms with Crippen LogP contribution < -0.4 is 0 Å². The Hall–Kier alpha value is -1.56. The van der Waals surface area contributed by atoms with Crippen LogP contribution in [0.4, 0.5) is 0 Å². The second-order valence-electron chi connectivity index (χ2n) is 5.32. The van der Waals surface area contributed by atoms with Crippen LogP contribution >= 0.6 is 0 Å². The third-order valence-corrected chi connectivity index (χ3v) is 3.96. The van der Waals surface area contributed by atoms with Crippen molar-refractivity contribution in [3.05, 3.63) is 70.3 Å². The van der Waals surface area contributed by atoms with Gasteiger partial charge in [-0.15, -0.1) is 0 Å². The van der Waals surface area contributed by atoms with E-state index in [9.17, 15) is 0 Å². The van der Waals surface area contributed by atoms with Gasteiger partial charge in [-0.05, 0) is 60.9 Å². The summed E-state index contributed by atoms with van der Waals surface area (Å²) in [5.41, 5.74) is 7.18. The minimum Gasteiger partial charge on any atom is -0.0620 e. The fraction of sp³-hybridized carbons (Fsp3) is 0.333. The molecule has 0 radical (unpaired) electrons. The van der Waals surface area contributed by atoms with Crippen LogP contribution in [0.2, 0.25) is 0 Å². The van der Waals surface area contributed by atoms with Crippen LogP contribution in [0.15, 0.2) is 42.5 Å². The number of aryl methyl sites for hydroxylation is 2. The molecule has 94 valence electrons. The first-order valence-corrected chi connectivity index (χ1v) is 6.70. The lowest BCUT2D eigenvalue weighted by Gasteiger charge is -2.17. The zero-order valence-corrected chi connectivity index (χ0v) is 11.8. The van der Waals surface area contributed by atoms with Gasteiger partial charge in [-0.25, -0.2) is 0 Å². The molecule has 0 saturated heterocycles. The van der Waals surface area contributed by atoms with E-state index in [0.717, 1.165) is 6.42 Å². The largest absolute Gasteiger partial charge is 0.0620 e. The van der Waals surface area contributed by atoms with Gasteiger partial charge in [0.25, 0.3) is 0 Å². The summed E-state index contributed by atoms with van der Waals surface area (Å²) in [7, 11) is 0. The molecule has 18 heavy (non-hydrogen) atoms. The van der Waals surface area contributed by atoms with E-state index in [4.69, 9.17) is 0 Å². The van der Waals surface area contributed by atoms with Gasteiger partial charge in [0.15, 0.2) is 0 Å². The molecule has 0 aliphatic rings. The van der Waals surface area contributed by atoms with Crippen LogP contribution in [-0.4, -0.2) is 0 Å². The number of hydrogen-bond acceptors (Lipinski definition) is 0. The molecule has 0 N–H and O–H groups in total. The lowest BCUT2D eigenvalue weighted by Crippen LogP contribution is -2.03. The van der Waals surface area contributed by atoms with E-state index in [1.807, 2.05) is 0 Å². The highest BCUT2D eigenvalue weighted by Gasteiger charge is 2.11. The van der Waals surface area contributed by atoms with Crippen molar-refractivity contribution in [2.75, 3.05) is 0 Å². The summed E-state index contributed by atoms with van der Waals surface area (Å²) in [6.07, 6.45) is 1.12. The molecule has 2 aromatic rings. The molecule has 0 aliphatic heterocycles. The molecule has 0 nitrogen and oxygen atoms in total. The standard InChI is InChI=1S/C18H22/c1-13-9-7-11-18(16(13)4)15(3)12-17-10-6-5-8-14(17)2/h5-11,15H,12H2,1-4H3. The van der Waals surface area contributed by atoms with E-state index in [0.29, 0.717) is 5.92 Å². The summed E-state index contributed by atoms with van der Waals surface area (Å²) >= 11 is 0. The molecule has 0 saturated carbocycles. The average molecular weight is 238 g/mol. The fourth-order valence-electron chi connectivity index (χ4n) is 2.59. The maximum Gasteiger partial charge on any atom is -0.0147 e. The smallest absolute Gasteiger partial charge is 0.0147 e. The van der Waals surface area contributed by atoms with Crippen LogP contribution in [0.3, 0.4) is 0 Å². The van der Waals surface area contributed by atoms with Crippen molar-refractivity contribution in [2.24, 2.45) is 0 Å². The number of rotatable bonds is 3. The maximum absolute atomic E-state index is 2.33. The Labute approximate surface area is 111 Å². The summed E-state index contributed by atoms with van der Waals surface area (Å²) in [5, 5.41) is 0. The van der Waals surface area contributed by atoms with Crippen molar-refractivity contribution >= 4 is 0 Å². The van der Waals surface area contributed by atoms with E-state index in [2.05, 4.69) is 70.2 Å². The number of benzene rings is 2. The summed E-state index contributed by atoms with van der Waals surface area (Å²) in [6, 6.07) is 15.3. The summed E-state index contributed by atoms with van der Waals surface area (Å²) in [4.78, 5) is 0. The van der Waals surface area contributed by atoms with Crippen molar-refractivity contribution in [1.82, 2.24) is 0 Å². The van der Waals surface area contributed by atoms with Crippen LogP contribution in [-0.2, 0) is 6.42 Å². The topological polar surface area (TPSA) is 0 Å². The predicted octanol–water partition coefficient (Wildman–Crippen LogP) is 4.96. The highest BCUT2D eigenvalue weighted by Crippen LogP contribution is 2.26. The van der Waals surface area contributed by atoms with Crippen LogP contribution in [0, 0.1) is 20.8 Å². The third-order valence-electron chi connectivity index (χ3n) is 3.96. The first-order chi connectivity index (χ1) is 8.59. The van der Waals surface area contributed by atoms with Gasteiger partial charge in [0.1, 0.15) is 0 Å².